The highest BCUT2D eigenvalue weighted by Gasteiger charge is 2.08. The lowest BCUT2D eigenvalue weighted by atomic mass is 10.2. The van der Waals surface area contributed by atoms with Gasteiger partial charge in [-0.15, -0.1) is 0 Å². The summed E-state index contributed by atoms with van der Waals surface area (Å²) in [5.74, 6) is -0.485. The number of amides is 2. The van der Waals surface area contributed by atoms with Gasteiger partial charge in [0, 0.05) is 30.8 Å². The van der Waals surface area contributed by atoms with Crippen LogP contribution < -0.4 is 15.8 Å². The van der Waals surface area contributed by atoms with Crippen LogP contribution in [0.5, 0.6) is 0 Å². The second kappa shape index (κ2) is 8.19. The summed E-state index contributed by atoms with van der Waals surface area (Å²) in [5, 5.41) is 0. The van der Waals surface area contributed by atoms with Crippen molar-refractivity contribution in [2.24, 2.45) is 0 Å². The first kappa shape index (κ1) is 16.0. The van der Waals surface area contributed by atoms with Crippen molar-refractivity contribution in [1.29, 1.82) is 0 Å². The number of hydrogen-bond donors (Lipinski definition) is 2. The number of carbonyl (C=O) groups excluding carboxylic acids is 2. The van der Waals surface area contributed by atoms with Crippen LogP contribution in [0, 0.1) is 0 Å². The van der Waals surface area contributed by atoms with Crippen molar-refractivity contribution < 1.29 is 9.59 Å². The Balaban J connectivity index is 2.59. The van der Waals surface area contributed by atoms with Crippen LogP contribution in [0.4, 0.5) is 5.69 Å². The van der Waals surface area contributed by atoms with Crippen molar-refractivity contribution in [3.05, 3.63) is 29.8 Å². The van der Waals surface area contributed by atoms with E-state index in [9.17, 15) is 9.59 Å². The number of hydrazine groups is 1. The van der Waals surface area contributed by atoms with Crippen LogP contribution in [0.1, 0.15) is 44.0 Å². The largest absolute Gasteiger partial charge is 0.372 e. The molecule has 5 nitrogen and oxygen atoms in total. The molecular weight excluding hydrogens is 254 g/mol. The second-order valence-corrected chi connectivity index (χ2v) is 4.47. The SMILES string of the molecule is CCCC(=O)NNC(=O)c1ccc(N(CC)CC)cc1. The molecule has 20 heavy (non-hydrogen) atoms. The van der Waals surface area contributed by atoms with Gasteiger partial charge in [-0.05, 0) is 44.5 Å². The third-order valence-electron chi connectivity index (χ3n) is 3.05. The maximum atomic E-state index is 11.8. The first-order chi connectivity index (χ1) is 9.62. The molecule has 0 aliphatic rings. The van der Waals surface area contributed by atoms with E-state index in [0.29, 0.717) is 12.0 Å². The van der Waals surface area contributed by atoms with Crippen LogP contribution in [0.15, 0.2) is 24.3 Å². The normalized spacial score (nSPS) is 9.95. The van der Waals surface area contributed by atoms with Crippen molar-refractivity contribution in [2.45, 2.75) is 33.6 Å². The molecule has 1 rings (SSSR count). The summed E-state index contributed by atoms with van der Waals surface area (Å²) in [5.41, 5.74) is 6.41. The van der Waals surface area contributed by atoms with Gasteiger partial charge < -0.3 is 4.90 Å². The molecule has 5 heteroatoms. The lowest BCUT2D eigenvalue weighted by Gasteiger charge is -2.21. The minimum atomic E-state index is -0.305. The van der Waals surface area contributed by atoms with Crippen LogP contribution in [0.2, 0.25) is 0 Å². The molecule has 0 saturated heterocycles. The topological polar surface area (TPSA) is 61.4 Å². The van der Waals surface area contributed by atoms with Gasteiger partial charge in [0.05, 0.1) is 0 Å². The molecule has 0 aromatic heterocycles. The van der Waals surface area contributed by atoms with Gasteiger partial charge in [-0.3, -0.25) is 20.4 Å². The number of benzene rings is 1. The van der Waals surface area contributed by atoms with Crippen molar-refractivity contribution >= 4 is 17.5 Å². The Hall–Kier alpha value is -2.04. The summed E-state index contributed by atoms with van der Waals surface area (Å²) in [6.45, 7) is 7.94. The Kier molecular flexibility index (Phi) is 6.56. The minimum Gasteiger partial charge on any atom is -0.372 e. The monoisotopic (exact) mass is 277 g/mol. The molecule has 0 saturated carbocycles. The van der Waals surface area contributed by atoms with Crippen LogP contribution in [-0.4, -0.2) is 24.9 Å². The third-order valence-corrected chi connectivity index (χ3v) is 3.05. The highest BCUT2D eigenvalue weighted by molar-refractivity contribution is 5.95. The summed E-state index contributed by atoms with van der Waals surface area (Å²) < 4.78 is 0. The van der Waals surface area contributed by atoms with E-state index in [0.717, 1.165) is 25.2 Å². The van der Waals surface area contributed by atoms with E-state index in [1.807, 2.05) is 19.1 Å². The maximum absolute atomic E-state index is 11.8. The van der Waals surface area contributed by atoms with Crippen LogP contribution >= 0.6 is 0 Å². The Morgan fingerprint density at radius 1 is 1.00 bits per heavy atom. The molecule has 0 radical (unpaired) electrons. The van der Waals surface area contributed by atoms with E-state index in [1.54, 1.807) is 12.1 Å². The summed E-state index contributed by atoms with van der Waals surface area (Å²) in [4.78, 5) is 25.3. The molecule has 1 aromatic rings. The van der Waals surface area contributed by atoms with Crippen molar-refractivity contribution in [2.75, 3.05) is 18.0 Å². The first-order valence-electron chi connectivity index (χ1n) is 7.06. The zero-order valence-corrected chi connectivity index (χ0v) is 12.4. The van der Waals surface area contributed by atoms with Crippen LogP contribution in [0.3, 0.4) is 0 Å². The fourth-order valence-corrected chi connectivity index (χ4v) is 1.90. The molecular formula is C15H23N3O2. The van der Waals surface area contributed by atoms with Gasteiger partial charge in [-0.25, -0.2) is 0 Å². The Bertz CT molecular complexity index is 439. The third kappa shape index (κ3) is 4.57. The fourth-order valence-electron chi connectivity index (χ4n) is 1.90. The molecule has 1 aromatic carbocycles. The Labute approximate surface area is 120 Å². The average molecular weight is 277 g/mol. The van der Waals surface area contributed by atoms with Gasteiger partial charge in [-0.2, -0.15) is 0 Å². The van der Waals surface area contributed by atoms with E-state index in [2.05, 4.69) is 29.6 Å². The smallest absolute Gasteiger partial charge is 0.269 e. The van der Waals surface area contributed by atoms with Gasteiger partial charge in [0.2, 0.25) is 5.91 Å². The average Bonchev–Trinajstić information content (AvgIpc) is 2.47. The second-order valence-electron chi connectivity index (χ2n) is 4.47. The van der Waals surface area contributed by atoms with E-state index in [4.69, 9.17) is 0 Å². The van der Waals surface area contributed by atoms with Crippen LogP contribution in [0.25, 0.3) is 0 Å². The summed E-state index contributed by atoms with van der Waals surface area (Å²) >= 11 is 0. The number of anilines is 1. The number of nitrogens with zero attached hydrogens (tertiary/aromatic N) is 1. The molecule has 0 heterocycles. The molecule has 0 unspecified atom stereocenters. The van der Waals surface area contributed by atoms with E-state index < -0.39 is 0 Å². The first-order valence-corrected chi connectivity index (χ1v) is 7.06. The predicted octanol–water partition coefficient (Wildman–Crippen LogP) is 2.09. The number of carbonyl (C=O) groups is 2. The van der Waals surface area contributed by atoms with Crippen molar-refractivity contribution in [1.82, 2.24) is 10.9 Å². The van der Waals surface area contributed by atoms with E-state index in [-0.39, 0.29) is 11.8 Å². The molecule has 0 atom stereocenters. The molecule has 0 spiro atoms. The summed E-state index contributed by atoms with van der Waals surface area (Å²) in [7, 11) is 0. The molecule has 0 bridgehead atoms. The van der Waals surface area contributed by atoms with Gasteiger partial charge in [0.15, 0.2) is 0 Å². The van der Waals surface area contributed by atoms with E-state index >= 15 is 0 Å². The van der Waals surface area contributed by atoms with Crippen LogP contribution in [-0.2, 0) is 4.79 Å². The zero-order valence-electron chi connectivity index (χ0n) is 12.4. The lowest BCUT2D eigenvalue weighted by molar-refractivity contribution is -0.121. The number of rotatable bonds is 6. The van der Waals surface area contributed by atoms with Crippen molar-refractivity contribution in [3.63, 3.8) is 0 Å². The van der Waals surface area contributed by atoms with Gasteiger partial charge in [-0.1, -0.05) is 6.92 Å². The molecule has 110 valence electrons. The molecule has 2 amide bonds. The standard InChI is InChI=1S/C15H23N3O2/c1-4-7-14(19)16-17-15(20)12-8-10-13(11-9-12)18(5-2)6-3/h8-11H,4-7H2,1-3H3,(H,16,19)(H,17,20). The van der Waals surface area contributed by atoms with Crippen molar-refractivity contribution in [3.8, 4) is 0 Å². The number of nitrogens with one attached hydrogen (secondary N) is 2. The molecule has 2 N–H and O–H groups in total. The Morgan fingerprint density at radius 3 is 2.10 bits per heavy atom. The highest BCUT2D eigenvalue weighted by atomic mass is 16.2. The lowest BCUT2D eigenvalue weighted by Crippen LogP contribution is -2.41. The number of hydrogen-bond acceptors (Lipinski definition) is 3. The molecule has 0 aliphatic heterocycles. The predicted molar refractivity (Wildman–Crippen MR) is 80.5 cm³/mol. The molecule has 0 aliphatic carbocycles. The van der Waals surface area contributed by atoms with Gasteiger partial charge >= 0.3 is 0 Å². The minimum absolute atomic E-state index is 0.180. The molecule has 0 fully saturated rings. The Morgan fingerprint density at radius 2 is 1.60 bits per heavy atom. The van der Waals surface area contributed by atoms with Gasteiger partial charge in [0.25, 0.3) is 5.91 Å². The quantitative estimate of drug-likeness (QED) is 0.783. The zero-order chi connectivity index (χ0) is 15.0. The maximum Gasteiger partial charge on any atom is 0.269 e. The fraction of sp³-hybridized carbons (Fsp3) is 0.467. The summed E-state index contributed by atoms with van der Waals surface area (Å²) in [6, 6.07) is 7.34. The van der Waals surface area contributed by atoms with Gasteiger partial charge in [0.1, 0.15) is 0 Å². The van der Waals surface area contributed by atoms with E-state index in [1.165, 1.54) is 0 Å². The summed E-state index contributed by atoms with van der Waals surface area (Å²) in [6.07, 6.45) is 1.15. The highest BCUT2D eigenvalue weighted by Crippen LogP contribution is 2.14.